The van der Waals surface area contributed by atoms with Crippen LogP contribution in [0.4, 0.5) is 21.5 Å². The number of ether oxygens (including phenoxy) is 1. The molecular weight excluding hydrogens is 323 g/mol. The molecule has 2 rings (SSSR count). The molecule has 0 atom stereocenters. The first-order valence-corrected chi connectivity index (χ1v) is 7.14. The van der Waals surface area contributed by atoms with Gasteiger partial charge >= 0.3 is 0 Å². The van der Waals surface area contributed by atoms with Gasteiger partial charge in [0.2, 0.25) is 0 Å². The number of hydrogen-bond acceptors (Lipinski definition) is 3. The molecule has 3 nitrogen and oxygen atoms in total. The predicted molar refractivity (Wildman–Crippen MR) is 84.0 cm³/mol. The van der Waals surface area contributed by atoms with E-state index < -0.39 is 0 Å². The summed E-state index contributed by atoms with van der Waals surface area (Å²) in [5, 5.41) is 3.16. The second-order valence-corrected chi connectivity index (χ2v) is 5.17. The average Bonchev–Trinajstić information content (AvgIpc) is 2.44. The van der Waals surface area contributed by atoms with E-state index >= 15 is 0 Å². The fraction of sp³-hybridized carbons (Fsp3) is 0.200. The van der Waals surface area contributed by atoms with Gasteiger partial charge in [0.1, 0.15) is 11.6 Å². The summed E-state index contributed by atoms with van der Waals surface area (Å²) in [5.74, 6) is 0.349. The van der Waals surface area contributed by atoms with Crippen LogP contribution in [0.3, 0.4) is 0 Å². The molecule has 20 heavy (non-hydrogen) atoms. The number of halogens is 2. The summed E-state index contributed by atoms with van der Waals surface area (Å²) in [5.41, 5.74) is 8.09. The SMILES string of the molecule is CCCOc1cccc(Nc2ccc(F)c(Br)c2)c1N. The lowest BCUT2D eigenvalue weighted by atomic mass is 10.2. The highest BCUT2D eigenvalue weighted by Gasteiger charge is 2.07. The third-order valence-electron chi connectivity index (χ3n) is 2.73. The maximum atomic E-state index is 13.2. The van der Waals surface area contributed by atoms with Crippen LogP contribution in [0.15, 0.2) is 40.9 Å². The van der Waals surface area contributed by atoms with Gasteiger partial charge < -0.3 is 15.8 Å². The number of anilines is 3. The third-order valence-corrected chi connectivity index (χ3v) is 3.33. The highest BCUT2D eigenvalue weighted by atomic mass is 79.9. The van der Waals surface area contributed by atoms with Crippen molar-refractivity contribution >= 4 is 33.0 Å². The maximum absolute atomic E-state index is 13.2. The Balaban J connectivity index is 2.22. The molecule has 5 heteroatoms. The quantitative estimate of drug-likeness (QED) is 0.776. The summed E-state index contributed by atoms with van der Waals surface area (Å²) in [7, 11) is 0. The van der Waals surface area contributed by atoms with Gasteiger partial charge in [0.25, 0.3) is 0 Å². The zero-order chi connectivity index (χ0) is 14.5. The normalized spacial score (nSPS) is 10.3. The third kappa shape index (κ3) is 3.42. The molecule has 0 aliphatic carbocycles. The monoisotopic (exact) mass is 338 g/mol. The lowest BCUT2D eigenvalue weighted by Crippen LogP contribution is -2.02. The molecule has 0 spiro atoms. The molecule has 2 aromatic carbocycles. The first kappa shape index (κ1) is 14.7. The van der Waals surface area contributed by atoms with Crippen LogP contribution in [0, 0.1) is 5.82 Å². The van der Waals surface area contributed by atoms with Gasteiger partial charge in [-0.3, -0.25) is 0 Å². The van der Waals surface area contributed by atoms with E-state index in [1.807, 2.05) is 25.1 Å². The molecule has 0 aliphatic rings. The maximum Gasteiger partial charge on any atom is 0.144 e. The number of benzene rings is 2. The number of rotatable bonds is 5. The van der Waals surface area contributed by atoms with Crippen molar-refractivity contribution in [2.75, 3.05) is 17.7 Å². The second-order valence-electron chi connectivity index (χ2n) is 4.32. The van der Waals surface area contributed by atoms with Crippen molar-refractivity contribution < 1.29 is 9.13 Å². The van der Waals surface area contributed by atoms with Crippen LogP contribution in [0.5, 0.6) is 5.75 Å². The Kier molecular flexibility index (Phi) is 4.84. The Labute approximate surface area is 126 Å². The van der Waals surface area contributed by atoms with Crippen LogP contribution < -0.4 is 15.8 Å². The fourth-order valence-electron chi connectivity index (χ4n) is 1.72. The smallest absolute Gasteiger partial charge is 0.144 e. The number of nitrogen functional groups attached to an aromatic ring is 1. The Morgan fingerprint density at radius 1 is 1.30 bits per heavy atom. The average molecular weight is 339 g/mol. The van der Waals surface area contributed by atoms with Crippen molar-refractivity contribution in [3.63, 3.8) is 0 Å². The highest BCUT2D eigenvalue weighted by Crippen LogP contribution is 2.32. The Morgan fingerprint density at radius 2 is 2.10 bits per heavy atom. The zero-order valence-corrected chi connectivity index (χ0v) is 12.7. The van der Waals surface area contributed by atoms with Gasteiger partial charge in [-0.05, 0) is 52.7 Å². The number of hydrogen-bond donors (Lipinski definition) is 2. The lowest BCUT2D eigenvalue weighted by molar-refractivity contribution is 0.319. The van der Waals surface area contributed by atoms with Crippen molar-refractivity contribution in [2.45, 2.75) is 13.3 Å². The molecule has 2 aromatic rings. The zero-order valence-electron chi connectivity index (χ0n) is 11.1. The summed E-state index contributed by atoms with van der Waals surface area (Å²) in [6, 6.07) is 10.2. The summed E-state index contributed by atoms with van der Waals surface area (Å²) in [4.78, 5) is 0. The largest absolute Gasteiger partial charge is 0.491 e. The van der Waals surface area contributed by atoms with Gasteiger partial charge in [-0.25, -0.2) is 4.39 Å². The van der Waals surface area contributed by atoms with Gasteiger partial charge in [0.15, 0.2) is 0 Å². The summed E-state index contributed by atoms with van der Waals surface area (Å²) in [6.45, 7) is 2.66. The molecule has 106 valence electrons. The molecule has 0 aromatic heterocycles. The van der Waals surface area contributed by atoms with E-state index in [1.165, 1.54) is 6.07 Å². The summed E-state index contributed by atoms with van der Waals surface area (Å²) >= 11 is 3.16. The molecule has 3 N–H and O–H groups in total. The molecule has 0 heterocycles. The number of nitrogens with two attached hydrogens (primary N) is 1. The van der Waals surface area contributed by atoms with Crippen LogP contribution in [0.2, 0.25) is 0 Å². The van der Waals surface area contributed by atoms with Crippen LogP contribution >= 0.6 is 15.9 Å². The van der Waals surface area contributed by atoms with Crippen molar-refractivity contribution in [1.29, 1.82) is 0 Å². The van der Waals surface area contributed by atoms with Crippen LogP contribution in [0.25, 0.3) is 0 Å². The van der Waals surface area contributed by atoms with E-state index in [1.54, 1.807) is 12.1 Å². The highest BCUT2D eigenvalue weighted by molar-refractivity contribution is 9.10. The first-order valence-electron chi connectivity index (χ1n) is 6.35. The van der Waals surface area contributed by atoms with Crippen molar-refractivity contribution in [2.24, 2.45) is 0 Å². The van der Waals surface area contributed by atoms with E-state index in [2.05, 4.69) is 21.2 Å². The van der Waals surface area contributed by atoms with Gasteiger partial charge in [0, 0.05) is 5.69 Å². The minimum Gasteiger partial charge on any atom is -0.491 e. The second kappa shape index (κ2) is 6.61. The molecular formula is C15H16BrFN2O. The lowest BCUT2D eigenvalue weighted by Gasteiger charge is -2.14. The number of nitrogens with one attached hydrogen (secondary N) is 1. The van der Waals surface area contributed by atoms with E-state index in [4.69, 9.17) is 10.5 Å². The first-order chi connectivity index (χ1) is 9.61. The van der Waals surface area contributed by atoms with E-state index in [-0.39, 0.29) is 5.82 Å². The van der Waals surface area contributed by atoms with Crippen molar-refractivity contribution in [1.82, 2.24) is 0 Å². The van der Waals surface area contributed by atoms with Gasteiger partial charge in [-0.15, -0.1) is 0 Å². The Bertz CT molecular complexity index is 604. The van der Waals surface area contributed by atoms with Gasteiger partial charge in [-0.2, -0.15) is 0 Å². The summed E-state index contributed by atoms with van der Waals surface area (Å²) in [6.07, 6.45) is 0.919. The van der Waals surface area contributed by atoms with E-state index in [0.29, 0.717) is 22.5 Å². The van der Waals surface area contributed by atoms with E-state index in [9.17, 15) is 4.39 Å². The Hall–Kier alpha value is -1.75. The minimum atomic E-state index is -0.302. The van der Waals surface area contributed by atoms with Crippen LogP contribution in [-0.4, -0.2) is 6.61 Å². The molecule has 0 fully saturated rings. The van der Waals surface area contributed by atoms with Crippen molar-refractivity contribution in [3.8, 4) is 5.75 Å². The minimum absolute atomic E-state index is 0.302. The molecule has 0 aliphatic heterocycles. The number of para-hydroxylation sites is 1. The molecule has 0 saturated heterocycles. The Morgan fingerprint density at radius 3 is 2.80 bits per heavy atom. The molecule has 0 unspecified atom stereocenters. The molecule has 0 bridgehead atoms. The topological polar surface area (TPSA) is 47.3 Å². The molecule has 0 saturated carbocycles. The molecule has 0 amide bonds. The van der Waals surface area contributed by atoms with Crippen LogP contribution in [0.1, 0.15) is 13.3 Å². The van der Waals surface area contributed by atoms with E-state index in [0.717, 1.165) is 17.8 Å². The summed E-state index contributed by atoms with van der Waals surface area (Å²) < 4.78 is 19.2. The van der Waals surface area contributed by atoms with Gasteiger partial charge in [0.05, 0.1) is 22.5 Å². The van der Waals surface area contributed by atoms with Crippen molar-refractivity contribution in [3.05, 3.63) is 46.7 Å². The molecule has 0 radical (unpaired) electrons. The van der Waals surface area contributed by atoms with Gasteiger partial charge in [-0.1, -0.05) is 13.0 Å². The fourth-order valence-corrected chi connectivity index (χ4v) is 2.10. The van der Waals surface area contributed by atoms with Crippen LogP contribution in [-0.2, 0) is 0 Å². The standard InChI is InChI=1S/C15H16BrFN2O/c1-2-8-20-14-5-3-4-13(15(14)18)19-10-6-7-12(17)11(16)9-10/h3-7,9,19H,2,8,18H2,1H3. The predicted octanol–water partition coefficient (Wildman–Crippen LogP) is 4.70.